The number of rotatable bonds is 5. The van der Waals surface area contributed by atoms with Crippen molar-refractivity contribution in [2.24, 2.45) is 0 Å². The van der Waals surface area contributed by atoms with Crippen LogP contribution in [0.2, 0.25) is 0 Å². The second-order valence-corrected chi connectivity index (χ2v) is 9.08. The Kier molecular flexibility index (Phi) is 5.06. The highest BCUT2D eigenvalue weighted by Crippen LogP contribution is 2.35. The van der Waals surface area contributed by atoms with E-state index in [1.807, 2.05) is 42.5 Å². The van der Waals surface area contributed by atoms with Crippen molar-refractivity contribution in [1.82, 2.24) is 4.57 Å². The van der Waals surface area contributed by atoms with Crippen molar-refractivity contribution in [2.45, 2.75) is 13.0 Å². The molecule has 4 aromatic rings. The lowest BCUT2D eigenvalue weighted by Crippen LogP contribution is -2.10. The molecule has 1 atom stereocenters. The lowest BCUT2D eigenvalue weighted by Gasteiger charge is -2.16. The van der Waals surface area contributed by atoms with Crippen LogP contribution in [0.3, 0.4) is 0 Å². The molecule has 30 heavy (non-hydrogen) atoms. The van der Waals surface area contributed by atoms with Gasteiger partial charge < -0.3 is 4.57 Å². The number of nitrogens with one attached hydrogen (secondary N) is 1. The molecule has 4 rings (SSSR count). The maximum Gasteiger partial charge on any atom is 0.229 e. The van der Waals surface area contributed by atoms with Gasteiger partial charge in [0.2, 0.25) is 10.0 Å². The van der Waals surface area contributed by atoms with Crippen molar-refractivity contribution in [3.05, 3.63) is 90.1 Å². The van der Waals surface area contributed by atoms with E-state index in [0.717, 1.165) is 33.8 Å². The van der Waals surface area contributed by atoms with Crippen molar-refractivity contribution in [1.29, 1.82) is 5.26 Å². The Labute approximate surface area is 176 Å². The van der Waals surface area contributed by atoms with Crippen molar-refractivity contribution >= 4 is 26.6 Å². The highest BCUT2D eigenvalue weighted by atomic mass is 32.2. The summed E-state index contributed by atoms with van der Waals surface area (Å²) in [7, 11) is -3.37. The SMILES string of the molecule is CC(c1ccccc1)n1cc(-c2ccc(C#N)cc2)c2ccc(NS(C)(=O)=O)cc21. The van der Waals surface area contributed by atoms with Crippen LogP contribution >= 0.6 is 0 Å². The van der Waals surface area contributed by atoms with Crippen molar-refractivity contribution in [3.8, 4) is 17.2 Å². The molecule has 6 heteroatoms. The zero-order chi connectivity index (χ0) is 21.3. The van der Waals surface area contributed by atoms with E-state index < -0.39 is 10.0 Å². The van der Waals surface area contributed by atoms with E-state index in [9.17, 15) is 8.42 Å². The molecule has 1 unspecified atom stereocenters. The summed E-state index contributed by atoms with van der Waals surface area (Å²) < 4.78 is 28.2. The normalized spacial score (nSPS) is 12.4. The van der Waals surface area contributed by atoms with Gasteiger partial charge in [-0.25, -0.2) is 8.42 Å². The third-order valence-electron chi connectivity index (χ3n) is 5.16. The second-order valence-electron chi connectivity index (χ2n) is 7.33. The lowest BCUT2D eigenvalue weighted by atomic mass is 10.0. The first-order valence-corrected chi connectivity index (χ1v) is 11.4. The largest absolute Gasteiger partial charge is 0.340 e. The summed E-state index contributed by atoms with van der Waals surface area (Å²) in [5.74, 6) is 0. The fourth-order valence-corrected chi connectivity index (χ4v) is 4.25. The molecule has 0 radical (unpaired) electrons. The van der Waals surface area contributed by atoms with Crippen LogP contribution in [0.4, 0.5) is 5.69 Å². The zero-order valence-electron chi connectivity index (χ0n) is 16.7. The summed E-state index contributed by atoms with van der Waals surface area (Å²) in [5.41, 5.74) is 5.25. The molecule has 0 saturated carbocycles. The Morgan fingerprint density at radius 1 is 1.00 bits per heavy atom. The quantitative estimate of drug-likeness (QED) is 0.489. The molecule has 0 aliphatic carbocycles. The van der Waals surface area contributed by atoms with Crippen LogP contribution in [0.25, 0.3) is 22.0 Å². The summed E-state index contributed by atoms with van der Waals surface area (Å²) >= 11 is 0. The Hall–Kier alpha value is -3.56. The summed E-state index contributed by atoms with van der Waals surface area (Å²) in [6.45, 7) is 2.12. The molecule has 0 aliphatic heterocycles. The topological polar surface area (TPSA) is 74.9 Å². The molecule has 150 valence electrons. The molecule has 0 amide bonds. The fourth-order valence-electron chi connectivity index (χ4n) is 3.70. The van der Waals surface area contributed by atoms with E-state index in [1.165, 1.54) is 0 Å². The van der Waals surface area contributed by atoms with Crippen molar-refractivity contribution in [3.63, 3.8) is 0 Å². The fraction of sp³-hybridized carbons (Fsp3) is 0.125. The highest BCUT2D eigenvalue weighted by molar-refractivity contribution is 7.92. The Balaban J connectivity index is 1.91. The monoisotopic (exact) mass is 415 g/mol. The van der Waals surface area contributed by atoms with Crippen LogP contribution in [-0.2, 0) is 10.0 Å². The predicted octanol–water partition coefficient (Wildman–Crippen LogP) is 5.16. The van der Waals surface area contributed by atoms with E-state index >= 15 is 0 Å². The third-order valence-corrected chi connectivity index (χ3v) is 5.77. The van der Waals surface area contributed by atoms with Crippen LogP contribution in [0, 0.1) is 11.3 Å². The van der Waals surface area contributed by atoms with Crippen molar-refractivity contribution < 1.29 is 8.42 Å². The van der Waals surface area contributed by atoms with Gasteiger partial charge in [-0.05, 0) is 42.3 Å². The number of nitriles is 1. The lowest BCUT2D eigenvalue weighted by molar-refractivity contribution is 0.607. The second kappa shape index (κ2) is 7.69. The van der Waals surface area contributed by atoms with E-state index in [0.29, 0.717) is 11.3 Å². The van der Waals surface area contributed by atoms with Crippen LogP contribution in [0.1, 0.15) is 24.1 Å². The molecule has 5 nitrogen and oxygen atoms in total. The van der Waals surface area contributed by atoms with Crippen LogP contribution in [-0.4, -0.2) is 19.2 Å². The van der Waals surface area contributed by atoms with Gasteiger partial charge in [0.05, 0.1) is 35.1 Å². The van der Waals surface area contributed by atoms with Gasteiger partial charge in [-0.2, -0.15) is 5.26 Å². The molecule has 0 spiro atoms. The first-order valence-electron chi connectivity index (χ1n) is 9.53. The summed E-state index contributed by atoms with van der Waals surface area (Å²) in [6, 6.07) is 25.4. The maximum absolute atomic E-state index is 11.7. The summed E-state index contributed by atoms with van der Waals surface area (Å²) in [4.78, 5) is 0. The average molecular weight is 416 g/mol. The first-order chi connectivity index (χ1) is 14.4. The minimum absolute atomic E-state index is 0.0503. The molecule has 1 N–H and O–H groups in total. The van der Waals surface area contributed by atoms with Crippen LogP contribution in [0.15, 0.2) is 79.0 Å². The number of sulfonamides is 1. The zero-order valence-corrected chi connectivity index (χ0v) is 17.5. The number of nitrogens with zero attached hydrogens (tertiary/aromatic N) is 2. The Morgan fingerprint density at radius 2 is 1.70 bits per heavy atom. The molecular weight excluding hydrogens is 394 g/mol. The molecule has 3 aromatic carbocycles. The molecule has 1 aromatic heterocycles. The van der Waals surface area contributed by atoms with E-state index in [-0.39, 0.29) is 6.04 Å². The number of hydrogen-bond donors (Lipinski definition) is 1. The van der Waals surface area contributed by atoms with E-state index in [4.69, 9.17) is 5.26 Å². The number of anilines is 1. The first kappa shape index (κ1) is 19.7. The molecule has 0 bridgehead atoms. The Bertz CT molecular complexity index is 1350. The van der Waals surface area contributed by atoms with Crippen molar-refractivity contribution in [2.75, 3.05) is 11.0 Å². The minimum Gasteiger partial charge on any atom is -0.340 e. The van der Waals surface area contributed by atoms with Gasteiger partial charge in [-0.3, -0.25) is 4.72 Å². The van der Waals surface area contributed by atoms with Gasteiger partial charge in [0, 0.05) is 17.1 Å². The van der Waals surface area contributed by atoms with Gasteiger partial charge in [0.1, 0.15) is 0 Å². The maximum atomic E-state index is 11.7. The molecular formula is C24H21N3O2S. The van der Waals surface area contributed by atoms with Gasteiger partial charge in [-0.1, -0.05) is 48.5 Å². The molecule has 0 saturated heterocycles. The van der Waals surface area contributed by atoms with Gasteiger partial charge >= 0.3 is 0 Å². The van der Waals surface area contributed by atoms with Gasteiger partial charge in [0.25, 0.3) is 0 Å². The van der Waals surface area contributed by atoms with Gasteiger partial charge in [0.15, 0.2) is 0 Å². The molecule has 0 fully saturated rings. The van der Waals surface area contributed by atoms with Gasteiger partial charge in [-0.15, -0.1) is 0 Å². The van der Waals surface area contributed by atoms with E-state index in [2.05, 4.69) is 40.6 Å². The highest BCUT2D eigenvalue weighted by Gasteiger charge is 2.17. The standard InChI is InChI=1S/C24H21N3O2S/c1-17(19-6-4-3-5-7-19)27-16-23(20-10-8-18(15-25)9-11-20)22-13-12-21(14-24(22)27)26-30(2,28)29/h3-14,16-17,26H,1-2H3. The number of fused-ring (bicyclic) bond motifs is 1. The summed E-state index contributed by atoms with van der Waals surface area (Å²) in [6.07, 6.45) is 3.24. The van der Waals surface area contributed by atoms with E-state index in [1.54, 1.807) is 18.2 Å². The number of aromatic nitrogens is 1. The predicted molar refractivity (Wildman–Crippen MR) is 121 cm³/mol. The molecule has 1 heterocycles. The summed E-state index contributed by atoms with van der Waals surface area (Å²) in [5, 5.41) is 10.1. The minimum atomic E-state index is -3.37. The molecule has 0 aliphatic rings. The van der Waals surface area contributed by atoms with Crippen LogP contribution < -0.4 is 4.72 Å². The number of benzene rings is 3. The Morgan fingerprint density at radius 3 is 2.33 bits per heavy atom. The third kappa shape index (κ3) is 3.93. The average Bonchev–Trinajstić information content (AvgIpc) is 3.11. The smallest absolute Gasteiger partial charge is 0.229 e. The number of hydrogen-bond acceptors (Lipinski definition) is 3. The van der Waals surface area contributed by atoms with Crippen LogP contribution in [0.5, 0.6) is 0 Å².